The molecule has 2 bridgehead atoms. The van der Waals surface area contributed by atoms with Crippen molar-refractivity contribution in [3.8, 4) is 0 Å². The zero-order valence-corrected chi connectivity index (χ0v) is 14.9. The lowest BCUT2D eigenvalue weighted by atomic mass is 9.78. The summed E-state index contributed by atoms with van der Waals surface area (Å²) in [6, 6.07) is 0. The van der Waals surface area contributed by atoms with Crippen LogP contribution < -0.4 is 0 Å². The van der Waals surface area contributed by atoms with Crippen molar-refractivity contribution in [2.45, 2.75) is 42.3 Å². The molecule has 7 atom stereocenters. The first-order chi connectivity index (χ1) is 10.3. The molecule has 0 aromatic rings. The second-order valence-electron chi connectivity index (χ2n) is 6.46. The van der Waals surface area contributed by atoms with Crippen LogP contribution in [0.25, 0.3) is 0 Å². The first-order valence-corrected chi connectivity index (χ1v) is 8.58. The van der Waals surface area contributed by atoms with Crippen LogP contribution in [0.15, 0.2) is 0 Å². The average molecular weight is 422 g/mol. The van der Waals surface area contributed by atoms with Crippen molar-refractivity contribution >= 4 is 40.5 Å². The number of halogens is 1. The minimum atomic E-state index is -0.623. The number of ether oxygens (including phenoxy) is 3. The van der Waals surface area contributed by atoms with Crippen LogP contribution in [0, 0.1) is 23.7 Å². The fourth-order valence-electron chi connectivity index (χ4n) is 4.00. The minimum absolute atomic E-state index is 0.0403. The Balaban J connectivity index is 1.84. The van der Waals surface area contributed by atoms with E-state index in [1.54, 1.807) is 0 Å². The second kappa shape index (κ2) is 5.35. The van der Waals surface area contributed by atoms with E-state index in [9.17, 15) is 14.4 Å². The third-order valence-electron chi connectivity index (χ3n) is 5.35. The van der Waals surface area contributed by atoms with E-state index in [-0.39, 0.29) is 23.8 Å². The first-order valence-electron chi connectivity index (χ1n) is 7.50. The summed E-state index contributed by atoms with van der Waals surface area (Å²) in [5, 5.41) is 0. The molecule has 2 saturated carbocycles. The highest BCUT2D eigenvalue weighted by molar-refractivity contribution is 14.1. The summed E-state index contributed by atoms with van der Waals surface area (Å²) in [4.78, 5) is 36.4. The highest BCUT2D eigenvalue weighted by Crippen LogP contribution is 2.59. The van der Waals surface area contributed by atoms with Crippen LogP contribution in [0.3, 0.4) is 0 Å². The van der Waals surface area contributed by atoms with Gasteiger partial charge >= 0.3 is 17.9 Å². The molecule has 1 saturated heterocycles. The van der Waals surface area contributed by atoms with Crippen LogP contribution in [0.5, 0.6) is 0 Å². The van der Waals surface area contributed by atoms with Crippen LogP contribution in [0.4, 0.5) is 0 Å². The Bertz CT molecular complexity index is 530. The molecule has 7 heteroatoms. The summed E-state index contributed by atoms with van der Waals surface area (Å²) >= 11 is 2.07. The van der Waals surface area contributed by atoms with Gasteiger partial charge in [0.15, 0.2) is 0 Å². The number of carbonyl (C=O) groups is 3. The van der Waals surface area contributed by atoms with E-state index in [2.05, 4.69) is 22.6 Å². The van der Waals surface area contributed by atoms with Gasteiger partial charge in [-0.3, -0.25) is 14.4 Å². The predicted octanol–water partition coefficient (Wildman–Crippen LogP) is 1.48. The predicted molar refractivity (Wildman–Crippen MR) is 83.1 cm³/mol. The van der Waals surface area contributed by atoms with Gasteiger partial charge in [0.25, 0.3) is 0 Å². The summed E-state index contributed by atoms with van der Waals surface area (Å²) in [6.45, 7) is 3.72. The number of hydrogen-bond donors (Lipinski definition) is 0. The van der Waals surface area contributed by atoms with Crippen molar-refractivity contribution in [2.24, 2.45) is 23.7 Å². The second-order valence-corrected chi connectivity index (χ2v) is 8.84. The number of methoxy groups -OCH3 is 1. The number of fused-ring (bicyclic) bond motifs is 1. The van der Waals surface area contributed by atoms with Crippen molar-refractivity contribution in [3.05, 3.63) is 0 Å². The molecule has 0 radical (unpaired) electrons. The molecule has 0 aromatic carbocycles. The molecule has 0 aromatic heterocycles. The first kappa shape index (κ1) is 16.0. The highest BCUT2D eigenvalue weighted by Gasteiger charge is 2.70. The number of hydrogen-bond acceptors (Lipinski definition) is 6. The van der Waals surface area contributed by atoms with E-state index in [1.165, 1.54) is 7.11 Å². The van der Waals surface area contributed by atoms with Crippen molar-refractivity contribution in [3.63, 3.8) is 0 Å². The van der Waals surface area contributed by atoms with E-state index < -0.39 is 33.4 Å². The average Bonchev–Trinajstić information content (AvgIpc) is 3.09. The monoisotopic (exact) mass is 422 g/mol. The van der Waals surface area contributed by atoms with E-state index in [0.29, 0.717) is 12.8 Å². The summed E-state index contributed by atoms with van der Waals surface area (Å²) in [5.41, 5.74) is 0. The van der Waals surface area contributed by atoms with Gasteiger partial charge in [0.1, 0.15) is 15.6 Å². The van der Waals surface area contributed by atoms with Crippen LogP contribution in [-0.4, -0.2) is 40.6 Å². The smallest absolute Gasteiger partial charge is 0.322 e. The Hall–Kier alpha value is -0.860. The molecule has 1 heterocycles. The number of carbonyl (C=O) groups excluding carboxylic acids is 3. The van der Waals surface area contributed by atoms with Gasteiger partial charge in [0.2, 0.25) is 0 Å². The van der Waals surface area contributed by atoms with Gasteiger partial charge in [0.05, 0.1) is 18.9 Å². The molecule has 3 aliphatic rings. The molecule has 0 N–H and O–H groups in total. The maximum absolute atomic E-state index is 12.3. The molecule has 22 heavy (non-hydrogen) atoms. The van der Waals surface area contributed by atoms with Gasteiger partial charge < -0.3 is 14.2 Å². The van der Waals surface area contributed by atoms with Crippen molar-refractivity contribution in [1.82, 2.24) is 0 Å². The molecule has 3 fully saturated rings. The van der Waals surface area contributed by atoms with Crippen LogP contribution >= 0.6 is 22.6 Å². The lowest BCUT2D eigenvalue weighted by Crippen LogP contribution is -2.45. The van der Waals surface area contributed by atoms with Crippen LogP contribution in [0.1, 0.15) is 26.7 Å². The quantitative estimate of drug-likeness (QED) is 0.296. The third kappa shape index (κ3) is 2.15. The molecule has 1 aliphatic heterocycles. The van der Waals surface area contributed by atoms with Gasteiger partial charge in [-0.2, -0.15) is 0 Å². The number of rotatable bonds is 4. The van der Waals surface area contributed by atoms with Crippen molar-refractivity contribution in [2.75, 3.05) is 7.11 Å². The van der Waals surface area contributed by atoms with E-state index in [1.807, 2.05) is 13.8 Å². The molecule has 6 nitrogen and oxygen atoms in total. The van der Waals surface area contributed by atoms with Gasteiger partial charge in [0, 0.05) is 11.8 Å². The summed E-state index contributed by atoms with van der Waals surface area (Å²) in [5.74, 6) is -2.32. The molecule has 7 unspecified atom stereocenters. The zero-order chi connectivity index (χ0) is 16.2. The maximum atomic E-state index is 12.3. The van der Waals surface area contributed by atoms with Gasteiger partial charge in [-0.05, 0) is 19.8 Å². The molecule has 3 rings (SSSR count). The fraction of sp³-hybridized carbons (Fsp3) is 0.800. The van der Waals surface area contributed by atoms with E-state index in [0.717, 1.165) is 0 Å². The Labute approximate surface area is 142 Å². The maximum Gasteiger partial charge on any atom is 0.322 e. The molecule has 2 aliphatic carbocycles. The molecular weight excluding hydrogens is 403 g/mol. The van der Waals surface area contributed by atoms with Gasteiger partial charge in [-0.15, -0.1) is 0 Å². The van der Waals surface area contributed by atoms with Crippen LogP contribution in [-0.2, 0) is 28.6 Å². The van der Waals surface area contributed by atoms with E-state index in [4.69, 9.17) is 14.2 Å². The third-order valence-corrected chi connectivity index (χ3v) is 6.56. The molecule has 0 spiro atoms. The molecular formula is C15H19IO6. The molecule has 122 valence electrons. The lowest BCUT2D eigenvalue weighted by molar-refractivity contribution is -0.166. The Kier molecular flexibility index (Phi) is 3.89. The normalized spacial score (nSPS) is 41.0. The largest absolute Gasteiger partial charge is 0.469 e. The van der Waals surface area contributed by atoms with E-state index >= 15 is 0 Å². The zero-order valence-electron chi connectivity index (χ0n) is 12.7. The summed E-state index contributed by atoms with van der Waals surface area (Å²) < 4.78 is 15.3. The van der Waals surface area contributed by atoms with Crippen LogP contribution in [0.2, 0.25) is 0 Å². The molecule has 0 amide bonds. The van der Waals surface area contributed by atoms with Crippen molar-refractivity contribution in [1.29, 1.82) is 0 Å². The Morgan fingerprint density at radius 1 is 1.41 bits per heavy atom. The topological polar surface area (TPSA) is 78.9 Å². The summed E-state index contributed by atoms with van der Waals surface area (Å²) in [7, 11) is 1.31. The lowest BCUT2D eigenvalue weighted by Gasteiger charge is -2.31. The van der Waals surface area contributed by atoms with Crippen molar-refractivity contribution < 1.29 is 28.6 Å². The summed E-state index contributed by atoms with van der Waals surface area (Å²) in [6.07, 6.45) is 0.366. The Morgan fingerprint density at radius 2 is 2.09 bits per heavy atom. The highest BCUT2D eigenvalue weighted by atomic mass is 127. The van der Waals surface area contributed by atoms with Gasteiger partial charge in [-0.25, -0.2) is 0 Å². The number of esters is 3. The minimum Gasteiger partial charge on any atom is -0.469 e. The SMILES string of the molecule is CCC(C)(I)C(=O)OC1C2CC3C1OC(=O)C3C2C(=O)OC. The van der Waals surface area contributed by atoms with Gasteiger partial charge in [-0.1, -0.05) is 29.5 Å². The standard InChI is InChI=1S/C15H19IO6/c1-4-15(2,16)14(19)22-11-6-5-7-9(8(6)12(17)20-3)13(18)21-10(7)11/h6-11H,4-5H2,1-3H3. The Morgan fingerprint density at radius 3 is 2.68 bits per heavy atom. The number of alkyl halides is 1. The fourth-order valence-corrected chi connectivity index (χ4v) is 4.12.